The van der Waals surface area contributed by atoms with E-state index in [4.69, 9.17) is 21.1 Å². The van der Waals surface area contributed by atoms with Gasteiger partial charge in [0.05, 0.1) is 17.7 Å². The Hall–Kier alpha value is -2.13. The molecule has 0 aliphatic heterocycles. The van der Waals surface area contributed by atoms with Gasteiger partial charge in [-0.2, -0.15) is 0 Å². The maximum absolute atomic E-state index is 13.9. The first-order valence-corrected chi connectivity index (χ1v) is 11.8. The summed E-state index contributed by atoms with van der Waals surface area (Å²) in [6.07, 6.45) is 0. The Morgan fingerprint density at radius 2 is 1.94 bits per heavy atom. The molecule has 0 amide bonds. The molecule has 0 fully saturated rings. The van der Waals surface area contributed by atoms with Crippen molar-refractivity contribution in [1.82, 2.24) is 14.8 Å². The van der Waals surface area contributed by atoms with Gasteiger partial charge in [-0.25, -0.2) is 4.39 Å². The maximum Gasteiger partial charge on any atom is 0.192 e. The summed E-state index contributed by atoms with van der Waals surface area (Å²) in [6.45, 7) is 2.62. The molecule has 0 saturated carbocycles. The maximum atomic E-state index is 13.9. The molecule has 2 aromatic carbocycles. The van der Waals surface area contributed by atoms with Crippen LogP contribution in [-0.2, 0) is 17.1 Å². The fourth-order valence-corrected chi connectivity index (χ4v) is 5.97. The van der Waals surface area contributed by atoms with Crippen LogP contribution in [0.15, 0.2) is 53.7 Å². The van der Waals surface area contributed by atoms with E-state index in [2.05, 4.69) is 16.3 Å². The number of hydrogen-bond acceptors (Lipinski definition) is 6. The number of fused-ring (bicyclic) bond motifs is 1. The number of hydrogen-bond donors (Lipinski definition) is 0. The Balaban J connectivity index is 1.55. The van der Waals surface area contributed by atoms with Gasteiger partial charge in [-0.05, 0) is 25.1 Å². The number of halogens is 2. The number of aromatic nitrogens is 3. The zero-order valence-electron chi connectivity index (χ0n) is 17.0. The lowest BCUT2D eigenvalue weighted by molar-refractivity contribution is 0.154. The van der Waals surface area contributed by atoms with Gasteiger partial charge in [-0.15, -0.1) is 21.5 Å². The molecule has 162 valence electrons. The third kappa shape index (κ3) is 4.87. The van der Waals surface area contributed by atoms with Crippen LogP contribution in [0.2, 0.25) is 5.02 Å². The van der Waals surface area contributed by atoms with Crippen LogP contribution in [0.3, 0.4) is 0 Å². The third-order valence-electron chi connectivity index (χ3n) is 4.71. The van der Waals surface area contributed by atoms with E-state index in [9.17, 15) is 4.39 Å². The van der Waals surface area contributed by atoms with Crippen LogP contribution in [0.25, 0.3) is 10.1 Å². The summed E-state index contributed by atoms with van der Waals surface area (Å²) >= 11 is 9.83. The molecule has 0 bridgehead atoms. The van der Waals surface area contributed by atoms with Gasteiger partial charge >= 0.3 is 0 Å². The van der Waals surface area contributed by atoms with Crippen molar-refractivity contribution in [3.05, 3.63) is 70.1 Å². The molecule has 0 aliphatic rings. The van der Waals surface area contributed by atoms with Crippen molar-refractivity contribution in [2.45, 2.75) is 30.5 Å². The minimum atomic E-state index is -0.410. The topological polar surface area (TPSA) is 49.2 Å². The molecule has 0 aliphatic carbocycles. The molecule has 2 heterocycles. The second-order valence-corrected chi connectivity index (χ2v) is 9.37. The zero-order chi connectivity index (χ0) is 21.8. The second kappa shape index (κ2) is 9.99. The van der Waals surface area contributed by atoms with E-state index >= 15 is 0 Å². The van der Waals surface area contributed by atoms with Crippen molar-refractivity contribution in [2.24, 2.45) is 0 Å². The smallest absolute Gasteiger partial charge is 0.192 e. The van der Waals surface area contributed by atoms with Crippen molar-refractivity contribution in [3.8, 4) is 5.75 Å². The van der Waals surface area contributed by atoms with Crippen LogP contribution in [0.1, 0.15) is 23.7 Å². The summed E-state index contributed by atoms with van der Waals surface area (Å²) in [6, 6.07) is 14.4. The normalized spacial score (nSPS) is 12.4. The van der Waals surface area contributed by atoms with Gasteiger partial charge in [0, 0.05) is 27.8 Å². The number of para-hydroxylation sites is 1. The first-order valence-electron chi connectivity index (χ1n) is 9.67. The number of benzene rings is 2. The average molecular weight is 478 g/mol. The Morgan fingerprint density at radius 3 is 2.71 bits per heavy atom. The number of thioether (sulfide) groups is 1. The van der Waals surface area contributed by atoms with Gasteiger partial charge in [0.15, 0.2) is 22.5 Å². The molecule has 2 aromatic heterocycles. The van der Waals surface area contributed by atoms with Gasteiger partial charge in [0.2, 0.25) is 0 Å². The quantitative estimate of drug-likeness (QED) is 0.262. The predicted molar refractivity (Wildman–Crippen MR) is 124 cm³/mol. The highest BCUT2D eigenvalue weighted by molar-refractivity contribution is 7.98. The monoisotopic (exact) mass is 477 g/mol. The first-order chi connectivity index (χ1) is 15.1. The standard InChI is InChI=1S/C22H21ClFN3O2S2/c1-14(11-28-2)27-20(12-29-17-9-5-4-8-16(17)24)25-26-22(27)30-13-19-21(23)15-7-3-6-10-18(15)31-19/h3-10,14H,11-13H2,1-2H3/t14-/m1/s1. The van der Waals surface area contributed by atoms with Crippen LogP contribution >= 0.6 is 34.7 Å². The number of thiophene rings is 1. The number of rotatable bonds is 9. The lowest BCUT2D eigenvalue weighted by Crippen LogP contribution is -2.16. The average Bonchev–Trinajstić information content (AvgIpc) is 3.33. The third-order valence-corrected chi connectivity index (χ3v) is 7.58. The van der Waals surface area contributed by atoms with Gasteiger partial charge in [-0.3, -0.25) is 4.57 Å². The number of methoxy groups -OCH3 is 1. The summed E-state index contributed by atoms with van der Waals surface area (Å²) < 4.78 is 28.0. The van der Waals surface area contributed by atoms with Gasteiger partial charge in [0.25, 0.3) is 0 Å². The van der Waals surface area contributed by atoms with E-state index in [0.29, 0.717) is 18.2 Å². The van der Waals surface area contributed by atoms with E-state index in [1.54, 1.807) is 48.4 Å². The molecule has 0 unspecified atom stereocenters. The minimum Gasteiger partial charge on any atom is -0.483 e. The summed E-state index contributed by atoms with van der Waals surface area (Å²) in [5, 5.41) is 11.3. The molecule has 5 nitrogen and oxygen atoms in total. The summed E-state index contributed by atoms with van der Waals surface area (Å²) in [5.74, 6) is 1.05. The number of ether oxygens (including phenoxy) is 2. The highest BCUT2D eigenvalue weighted by Crippen LogP contribution is 2.38. The molecular weight excluding hydrogens is 457 g/mol. The SMILES string of the molecule is COC[C@@H](C)n1c(COc2ccccc2F)nnc1SCc1sc2ccccc2c1Cl. The minimum absolute atomic E-state index is 0.0143. The molecule has 1 atom stereocenters. The van der Waals surface area contributed by atoms with Gasteiger partial charge in [-0.1, -0.05) is 53.7 Å². The molecule has 0 spiro atoms. The Morgan fingerprint density at radius 1 is 1.16 bits per heavy atom. The fraction of sp³-hybridized carbons (Fsp3) is 0.273. The van der Waals surface area contributed by atoms with Crippen molar-refractivity contribution >= 4 is 44.8 Å². The van der Waals surface area contributed by atoms with Crippen molar-refractivity contribution < 1.29 is 13.9 Å². The largest absolute Gasteiger partial charge is 0.483 e. The van der Waals surface area contributed by atoms with E-state index in [1.807, 2.05) is 29.7 Å². The lowest BCUT2D eigenvalue weighted by Gasteiger charge is -2.17. The van der Waals surface area contributed by atoms with Crippen LogP contribution in [-0.4, -0.2) is 28.5 Å². The van der Waals surface area contributed by atoms with Crippen molar-refractivity contribution in [2.75, 3.05) is 13.7 Å². The van der Waals surface area contributed by atoms with Crippen LogP contribution < -0.4 is 4.74 Å². The predicted octanol–water partition coefficient (Wildman–Crippen LogP) is 6.36. The lowest BCUT2D eigenvalue weighted by atomic mass is 10.2. The van der Waals surface area contributed by atoms with E-state index in [0.717, 1.165) is 25.1 Å². The summed E-state index contributed by atoms with van der Waals surface area (Å²) in [5.41, 5.74) is 0. The molecule has 0 radical (unpaired) electrons. The Kier molecular flexibility index (Phi) is 7.12. The molecule has 4 rings (SSSR count). The number of nitrogens with zero attached hydrogens (tertiary/aromatic N) is 3. The van der Waals surface area contributed by atoms with Gasteiger partial charge in [0.1, 0.15) is 6.61 Å². The van der Waals surface area contributed by atoms with E-state index in [1.165, 1.54) is 6.07 Å². The molecule has 4 aromatic rings. The zero-order valence-corrected chi connectivity index (χ0v) is 19.4. The molecule has 0 N–H and O–H groups in total. The Labute approximate surface area is 193 Å². The van der Waals surface area contributed by atoms with E-state index < -0.39 is 5.82 Å². The van der Waals surface area contributed by atoms with Crippen LogP contribution in [0, 0.1) is 5.82 Å². The summed E-state index contributed by atoms with van der Waals surface area (Å²) in [4.78, 5) is 1.09. The van der Waals surface area contributed by atoms with E-state index in [-0.39, 0.29) is 18.4 Å². The van der Waals surface area contributed by atoms with Gasteiger partial charge < -0.3 is 9.47 Å². The Bertz CT molecular complexity index is 1180. The molecule has 0 saturated heterocycles. The van der Waals surface area contributed by atoms with Crippen molar-refractivity contribution in [1.29, 1.82) is 0 Å². The molecule has 9 heteroatoms. The first kappa shape index (κ1) is 22.1. The molecule has 31 heavy (non-hydrogen) atoms. The molecular formula is C22H21ClFN3O2S2. The van der Waals surface area contributed by atoms with Crippen molar-refractivity contribution in [3.63, 3.8) is 0 Å². The summed E-state index contributed by atoms with van der Waals surface area (Å²) in [7, 11) is 1.65. The second-order valence-electron chi connectivity index (χ2n) is 6.92. The highest BCUT2D eigenvalue weighted by atomic mass is 35.5. The van der Waals surface area contributed by atoms with Crippen LogP contribution in [0.5, 0.6) is 5.75 Å². The highest BCUT2D eigenvalue weighted by Gasteiger charge is 2.20. The van der Waals surface area contributed by atoms with Crippen LogP contribution in [0.4, 0.5) is 4.39 Å². The fourth-order valence-electron chi connectivity index (χ4n) is 3.25.